The van der Waals surface area contributed by atoms with E-state index >= 15 is 0 Å². The summed E-state index contributed by atoms with van der Waals surface area (Å²) in [5.41, 5.74) is 0.909. The van der Waals surface area contributed by atoms with Crippen LogP contribution in [0.15, 0.2) is 24.3 Å². The Labute approximate surface area is 148 Å². The van der Waals surface area contributed by atoms with Crippen molar-refractivity contribution in [2.24, 2.45) is 17.8 Å². The second kappa shape index (κ2) is 7.54. The molecule has 0 spiro atoms. The molecule has 2 aliphatic rings. The van der Waals surface area contributed by atoms with Crippen LogP contribution in [-0.2, 0) is 9.59 Å². The average Bonchev–Trinajstić information content (AvgIpc) is 3.44. The standard InChI is InChI=1S/C20H27FN2O2/c1-13(2)18(14-7-9-17(21)10-8-14)22-19(24)16-4-3-11-23(12-16)20(25)15-5-6-15/h7-10,13,15-16,18H,3-6,11-12H2,1-2H3,(H,22,24). The van der Waals surface area contributed by atoms with Crippen LogP contribution in [0.4, 0.5) is 4.39 Å². The number of carbonyl (C=O) groups excluding carboxylic acids is 2. The molecule has 1 saturated heterocycles. The van der Waals surface area contributed by atoms with Crippen molar-refractivity contribution in [2.75, 3.05) is 13.1 Å². The summed E-state index contributed by atoms with van der Waals surface area (Å²) in [6, 6.07) is 6.15. The minimum absolute atomic E-state index is 0.00341. The Morgan fingerprint density at radius 3 is 2.40 bits per heavy atom. The van der Waals surface area contributed by atoms with Gasteiger partial charge in [-0.2, -0.15) is 0 Å². The van der Waals surface area contributed by atoms with Crippen molar-refractivity contribution in [2.45, 2.75) is 45.6 Å². The first kappa shape index (κ1) is 17.9. The molecule has 1 aliphatic carbocycles. The van der Waals surface area contributed by atoms with Crippen LogP contribution in [0.5, 0.6) is 0 Å². The van der Waals surface area contributed by atoms with E-state index in [1.54, 1.807) is 12.1 Å². The third-order valence-corrected chi connectivity index (χ3v) is 5.22. The van der Waals surface area contributed by atoms with E-state index in [9.17, 15) is 14.0 Å². The normalized spacial score (nSPS) is 21.9. The summed E-state index contributed by atoms with van der Waals surface area (Å²) in [5, 5.41) is 3.13. The van der Waals surface area contributed by atoms with Gasteiger partial charge in [-0.05, 0) is 49.3 Å². The van der Waals surface area contributed by atoms with Crippen molar-refractivity contribution in [3.05, 3.63) is 35.6 Å². The summed E-state index contributed by atoms with van der Waals surface area (Å²) < 4.78 is 13.2. The van der Waals surface area contributed by atoms with E-state index < -0.39 is 0 Å². The van der Waals surface area contributed by atoms with Crippen LogP contribution in [0.1, 0.15) is 51.1 Å². The van der Waals surface area contributed by atoms with Gasteiger partial charge in [0.05, 0.1) is 12.0 Å². The molecule has 0 radical (unpaired) electrons. The van der Waals surface area contributed by atoms with Crippen LogP contribution in [0.2, 0.25) is 0 Å². The second-order valence-corrected chi connectivity index (χ2v) is 7.68. The summed E-state index contributed by atoms with van der Waals surface area (Å²) >= 11 is 0. The maximum absolute atomic E-state index is 13.2. The zero-order chi connectivity index (χ0) is 18.0. The molecule has 0 aromatic heterocycles. The van der Waals surface area contributed by atoms with Crippen molar-refractivity contribution >= 4 is 11.8 Å². The van der Waals surface area contributed by atoms with Crippen molar-refractivity contribution in [1.29, 1.82) is 0 Å². The van der Waals surface area contributed by atoms with E-state index in [1.165, 1.54) is 12.1 Å². The first-order valence-corrected chi connectivity index (χ1v) is 9.30. The lowest BCUT2D eigenvalue weighted by Crippen LogP contribution is -2.47. The molecule has 3 rings (SSSR count). The van der Waals surface area contributed by atoms with Gasteiger partial charge in [0, 0.05) is 19.0 Å². The highest BCUT2D eigenvalue weighted by Gasteiger charge is 2.37. The molecule has 0 bridgehead atoms. The Hall–Kier alpha value is -1.91. The van der Waals surface area contributed by atoms with Gasteiger partial charge in [-0.3, -0.25) is 9.59 Å². The highest BCUT2D eigenvalue weighted by Crippen LogP contribution is 2.32. The predicted octanol–water partition coefficient (Wildman–Crippen LogP) is 3.29. The Kier molecular flexibility index (Phi) is 5.40. The Bertz CT molecular complexity index is 625. The molecular formula is C20H27FN2O2. The van der Waals surface area contributed by atoms with Crippen LogP contribution in [0.25, 0.3) is 0 Å². The van der Waals surface area contributed by atoms with Gasteiger partial charge in [0.15, 0.2) is 0 Å². The molecule has 1 aliphatic heterocycles. The molecule has 25 heavy (non-hydrogen) atoms. The smallest absolute Gasteiger partial charge is 0.225 e. The summed E-state index contributed by atoms with van der Waals surface area (Å²) in [7, 11) is 0. The van der Waals surface area contributed by atoms with E-state index in [1.807, 2.05) is 18.7 Å². The summed E-state index contributed by atoms with van der Waals surface area (Å²) in [6.45, 7) is 5.37. The van der Waals surface area contributed by atoms with E-state index in [0.29, 0.717) is 6.54 Å². The first-order valence-electron chi connectivity index (χ1n) is 9.30. The fourth-order valence-electron chi connectivity index (χ4n) is 3.56. The van der Waals surface area contributed by atoms with Crippen LogP contribution in [-0.4, -0.2) is 29.8 Å². The number of carbonyl (C=O) groups is 2. The maximum Gasteiger partial charge on any atom is 0.225 e. The van der Waals surface area contributed by atoms with Crippen molar-refractivity contribution in [1.82, 2.24) is 10.2 Å². The fourth-order valence-corrected chi connectivity index (χ4v) is 3.56. The number of nitrogens with zero attached hydrogens (tertiary/aromatic N) is 1. The van der Waals surface area contributed by atoms with Gasteiger partial charge >= 0.3 is 0 Å². The lowest BCUT2D eigenvalue weighted by Gasteiger charge is -2.33. The second-order valence-electron chi connectivity index (χ2n) is 7.68. The number of benzene rings is 1. The molecule has 1 saturated carbocycles. The van der Waals surface area contributed by atoms with Crippen LogP contribution in [0, 0.1) is 23.6 Å². The fraction of sp³-hybridized carbons (Fsp3) is 0.600. The zero-order valence-corrected chi connectivity index (χ0v) is 15.0. The monoisotopic (exact) mass is 346 g/mol. The molecule has 2 unspecified atom stereocenters. The number of likely N-dealkylation sites (tertiary alicyclic amines) is 1. The van der Waals surface area contributed by atoms with E-state index in [4.69, 9.17) is 0 Å². The molecule has 2 fully saturated rings. The minimum Gasteiger partial charge on any atom is -0.349 e. The highest BCUT2D eigenvalue weighted by atomic mass is 19.1. The quantitative estimate of drug-likeness (QED) is 0.889. The van der Waals surface area contributed by atoms with Gasteiger partial charge in [-0.15, -0.1) is 0 Å². The van der Waals surface area contributed by atoms with Crippen LogP contribution in [0.3, 0.4) is 0 Å². The molecule has 1 N–H and O–H groups in total. The molecule has 1 aromatic rings. The van der Waals surface area contributed by atoms with Gasteiger partial charge < -0.3 is 10.2 Å². The van der Waals surface area contributed by atoms with Gasteiger partial charge in [-0.25, -0.2) is 4.39 Å². The largest absolute Gasteiger partial charge is 0.349 e. The number of halogens is 1. The molecule has 1 aromatic carbocycles. The first-order chi connectivity index (χ1) is 12.0. The number of hydrogen-bond acceptors (Lipinski definition) is 2. The van der Waals surface area contributed by atoms with Gasteiger partial charge in [0.25, 0.3) is 0 Å². The highest BCUT2D eigenvalue weighted by molar-refractivity contribution is 5.83. The van der Waals surface area contributed by atoms with Gasteiger partial charge in [0.2, 0.25) is 11.8 Å². The molecule has 2 atom stereocenters. The lowest BCUT2D eigenvalue weighted by molar-refractivity contribution is -0.137. The van der Waals surface area contributed by atoms with Gasteiger partial charge in [-0.1, -0.05) is 26.0 Å². The predicted molar refractivity (Wildman–Crippen MR) is 94.1 cm³/mol. The minimum atomic E-state index is -0.279. The summed E-state index contributed by atoms with van der Waals surface area (Å²) in [6.07, 6.45) is 3.67. The number of rotatable bonds is 5. The topological polar surface area (TPSA) is 49.4 Å². The Morgan fingerprint density at radius 1 is 1.12 bits per heavy atom. The van der Waals surface area contributed by atoms with Crippen molar-refractivity contribution in [3.8, 4) is 0 Å². The SMILES string of the molecule is CC(C)C(NC(=O)C1CCCN(C(=O)C2CC2)C1)c1ccc(F)cc1. The summed E-state index contributed by atoms with van der Waals surface area (Å²) in [5.74, 6) is 0.177. The number of piperidine rings is 1. The molecule has 4 nitrogen and oxygen atoms in total. The van der Waals surface area contributed by atoms with E-state index in [2.05, 4.69) is 5.32 Å². The molecule has 2 amide bonds. The van der Waals surface area contributed by atoms with Crippen LogP contribution < -0.4 is 5.32 Å². The van der Waals surface area contributed by atoms with E-state index in [-0.39, 0.29) is 41.4 Å². The van der Waals surface area contributed by atoms with Gasteiger partial charge in [0.1, 0.15) is 5.82 Å². The molecule has 5 heteroatoms. The van der Waals surface area contributed by atoms with Crippen molar-refractivity contribution in [3.63, 3.8) is 0 Å². The zero-order valence-electron chi connectivity index (χ0n) is 15.0. The average molecular weight is 346 g/mol. The third-order valence-electron chi connectivity index (χ3n) is 5.22. The maximum atomic E-state index is 13.2. The van der Waals surface area contributed by atoms with E-state index in [0.717, 1.165) is 37.8 Å². The molecule has 136 valence electrons. The molecule has 1 heterocycles. The molecular weight excluding hydrogens is 319 g/mol. The Balaban J connectivity index is 1.64. The number of hydrogen-bond donors (Lipinski definition) is 1. The number of amides is 2. The Morgan fingerprint density at radius 2 is 1.80 bits per heavy atom. The summed E-state index contributed by atoms with van der Waals surface area (Å²) in [4.78, 5) is 26.9. The van der Waals surface area contributed by atoms with Crippen molar-refractivity contribution < 1.29 is 14.0 Å². The lowest BCUT2D eigenvalue weighted by atomic mass is 9.92. The van der Waals surface area contributed by atoms with Crippen LogP contribution >= 0.6 is 0 Å². The number of nitrogens with one attached hydrogen (secondary N) is 1. The third kappa shape index (κ3) is 4.39.